The van der Waals surface area contributed by atoms with Gasteiger partial charge >= 0.3 is 5.97 Å². The maximum Gasteiger partial charge on any atom is 0.354 e. The Morgan fingerprint density at radius 1 is 1.50 bits per heavy atom. The highest BCUT2D eigenvalue weighted by Crippen LogP contribution is 2.24. The van der Waals surface area contributed by atoms with E-state index in [2.05, 4.69) is 10.3 Å². The van der Waals surface area contributed by atoms with Crippen LogP contribution in [0.15, 0.2) is 18.2 Å². The van der Waals surface area contributed by atoms with E-state index < -0.39 is 5.97 Å². The molecule has 0 saturated carbocycles. The predicted octanol–water partition coefficient (Wildman–Crippen LogP) is 0.495. The molecule has 1 saturated heterocycles. The van der Waals surface area contributed by atoms with Gasteiger partial charge in [-0.1, -0.05) is 6.07 Å². The molecular formula is C12H15N3O3. The zero-order valence-corrected chi connectivity index (χ0v) is 10.1. The first-order chi connectivity index (χ1) is 8.63. The van der Waals surface area contributed by atoms with Crippen LogP contribution in [-0.2, 0) is 4.79 Å². The summed E-state index contributed by atoms with van der Waals surface area (Å²) in [6.45, 7) is 0.716. The fourth-order valence-corrected chi connectivity index (χ4v) is 2.18. The molecular weight excluding hydrogens is 234 g/mol. The van der Waals surface area contributed by atoms with E-state index in [9.17, 15) is 9.59 Å². The molecule has 2 rings (SSSR count). The van der Waals surface area contributed by atoms with Gasteiger partial charge in [0.2, 0.25) is 5.91 Å². The maximum absolute atomic E-state index is 11.7. The third-order valence-electron chi connectivity index (χ3n) is 3.05. The van der Waals surface area contributed by atoms with E-state index in [-0.39, 0.29) is 17.6 Å². The molecule has 6 heteroatoms. The minimum absolute atomic E-state index is 0.00458. The molecule has 1 fully saturated rings. The summed E-state index contributed by atoms with van der Waals surface area (Å²) in [7, 11) is 1.60. The minimum atomic E-state index is -1.06. The average molecular weight is 249 g/mol. The van der Waals surface area contributed by atoms with E-state index in [4.69, 9.17) is 5.11 Å². The van der Waals surface area contributed by atoms with Gasteiger partial charge in [0.05, 0.1) is 0 Å². The molecule has 2 heterocycles. The summed E-state index contributed by atoms with van der Waals surface area (Å²) >= 11 is 0. The fourth-order valence-electron chi connectivity index (χ4n) is 2.18. The van der Waals surface area contributed by atoms with Crippen LogP contribution in [-0.4, -0.2) is 41.6 Å². The summed E-state index contributed by atoms with van der Waals surface area (Å²) in [6.07, 6.45) is 1.66. The highest BCUT2D eigenvalue weighted by atomic mass is 16.4. The molecule has 1 aliphatic rings. The Balaban J connectivity index is 2.27. The fraction of sp³-hybridized carbons (Fsp3) is 0.417. The van der Waals surface area contributed by atoms with Crippen molar-refractivity contribution in [2.24, 2.45) is 0 Å². The number of carboxylic acid groups (broad SMARTS) is 1. The quantitative estimate of drug-likeness (QED) is 0.815. The van der Waals surface area contributed by atoms with Gasteiger partial charge in [0.15, 0.2) is 5.69 Å². The zero-order chi connectivity index (χ0) is 13.1. The van der Waals surface area contributed by atoms with E-state index in [1.54, 1.807) is 19.2 Å². The SMILES string of the molecule is CNC(=O)C1CCCN1c1cccc(C(=O)O)n1. The Hall–Kier alpha value is -2.11. The number of carbonyl (C=O) groups is 2. The van der Waals surface area contributed by atoms with Crippen LogP contribution in [0.3, 0.4) is 0 Å². The summed E-state index contributed by atoms with van der Waals surface area (Å²) in [6, 6.07) is 4.56. The molecule has 0 aliphatic carbocycles. The number of aromatic nitrogens is 1. The topological polar surface area (TPSA) is 82.5 Å². The Labute approximate surface area is 105 Å². The highest BCUT2D eigenvalue weighted by Gasteiger charge is 2.31. The van der Waals surface area contributed by atoms with E-state index in [0.29, 0.717) is 12.4 Å². The molecule has 1 aromatic heterocycles. The number of carboxylic acids is 1. The molecule has 0 bridgehead atoms. The lowest BCUT2D eigenvalue weighted by Crippen LogP contribution is -2.42. The Morgan fingerprint density at radius 2 is 2.28 bits per heavy atom. The number of hydrogen-bond acceptors (Lipinski definition) is 4. The Bertz CT molecular complexity index is 475. The summed E-state index contributed by atoms with van der Waals surface area (Å²) < 4.78 is 0. The average Bonchev–Trinajstić information content (AvgIpc) is 2.87. The van der Waals surface area contributed by atoms with E-state index in [1.165, 1.54) is 6.07 Å². The smallest absolute Gasteiger partial charge is 0.354 e. The molecule has 1 amide bonds. The van der Waals surface area contributed by atoms with Crippen LogP contribution in [0.25, 0.3) is 0 Å². The van der Waals surface area contributed by atoms with Crippen LogP contribution in [0, 0.1) is 0 Å². The molecule has 6 nitrogen and oxygen atoms in total. The Kier molecular flexibility index (Phi) is 3.45. The van der Waals surface area contributed by atoms with Crippen molar-refractivity contribution in [2.45, 2.75) is 18.9 Å². The van der Waals surface area contributed by atoms with Crippen molar-refractivity contribution in [1.29, 1.82) is 0 Å². The van der Waals surface area contributed by atoms with Crippen molar-refractivity contribution in [3.05, 3.63) is 23.9 Å². The third kappa shape index (κ3) is 2.27. The van der Waals surface area contributed by atoms with Crippen molar-refractivity contribution < 1.29 is 14.7 Å². The highest BCUT2D eigenvalue weighted by molar-refractivity contribution is 5.87. The summed E-state index contributed by atoms with van der Waals surface area (Å²) in [5.41, 5.74) is -0.00458. The number of carbonyl (C=O) groups excluding carboxylic acids is 1. The van der Waals surface area contributed by atoms with Crippen molar-refractivity contribution >= 4 is 17.7 Å². The van der Waals surface area contributed by atoms with E-state index in [1.807, 2.05) is 4.90 Å². The van der Waals surface area contributed by atoms with Gasteiger partial charge in [0.25, 0.3) is 0 Å². The molecule has 0 spiro atoms. The van der Waals surface area contributed by atoms with Crippen molar-refractivity contribution in [3.63, 3.8) is 0 Å². The number of rotatable bonds is 3. The van der Waals surface area contributed by atoms with Gasteiger partial charge in [-0.05, 0) is 25.0 Å². The van der Waals surface area contributed by atoms with Crippen molar-refractivity contribution in [3.8, 4) is 0 Å². The van der Waals surface area contributed by atoms with E-state index >= 15 is 0 Å². The van der Waals surface area contributed by atoms with Gasteiger partial charge in [-0.2, -0.15) is 0 Å². The van der Waals surface area contributed by atoms with Gasteiger partial charge in [0, 0.05) is 13.6 Å². The lowest BCUT2D eigenvalue weighted by Gasteiger charge is -2.24. The second-order valence-corrected chi connectivity index (χ2v) is 4.15. The number of likely N-dealkylation sites (N-methyl/N-ethyl adjacent to an activating group) is 1. The van der Waals surface area contributed by atoms with Gasteiger partial charge in [-0.3, -0.25) is 4.79 Å². The number of nitrogens with one attached hydrogen (secondary N) is 1. The van der Waals surface area contributed by atoms with E-state index in [0.717, 1.165) is 12.8 Å². The molecule has 0 aromatic carbocycles. The normalized spacial score (nSPS) is 18.7. The standard InChI is InChI=1S/C12H15N3O3/c1-13-11(16)9-5-3-7-15(9)10-6-2-4-8(14-10)12(17)18/h2,4,6,9H,3,5,7H2,1H3,(H,13,16)(H,17,18). The number of aromatic carboxylic acids is 1. The predicted molar refractivity (Wildman–Crippen MR) is 65.6 cm³/mol. The molecule has 1 aliphatic heterocycles. The third-order valence-corrected chi connectivity index (χ3v) is 3.05. The van der Waals surface area contributed by atoms with Gasteiger partial charge < -0.3 is 15.3 Å². The first-order valence-electron chi connectivity index (χ1n) is 5.82. The van der Waals surface area contributed by atoms with Gasteiger partial charge in [-0.25, -0.2) is 9.78 Å². The number of nitrogens with zero attached hydrogens (tertiary/aromatic N) is 2. The van der Waals surface area contributed by atoms with Crippen LogP contribution in [0.1, 0.15) is 23.3 Å². The first-order valence-corrected chi connectivity index (χ1v) is 5.82. The zero-order valence-electron chi connectivity index (χ0n) is 10.1. The first kappa shape index (κ1) is 12.3. The Morgan fingerprint density at radius 3 is 2.94 bits per heavy atom. The number of anilines is 1. The summed E-state index contributed by atoms with van der Waals surface area (Å²) in [5.74, 6) is -0.580. The monoisotopic (exact) mass is 249 g/mol. The number of pyridine rings is 1. The largest absolute Gasteiger partial charge is 0.477 e. The van der Waals surface area contributed by atoms with Crippen LogP contribution in [0.2, 0.25) is 0 Å². The molecule has 1 aromatic rings. The molecule has 18 heavy (non-hydrogen) atoms. The van der Waals surface area contributed by atoms with Crippen molar-refractivity contribution in [1.82, 2.24) is 10.3 Å². The lowest BCUT2D eigenvalue weighted by molar-refractivity contribution is -0.121. The summed E-state index contributed by atoms with van der Waals surface area (Å²) in [4.78, 5) is 28.5. The summed E-state index contributed by atoms with van der Waals surface area (Å²) in [5, 5.41) is 11.5. The molecule has 1 atom stereocenters. The number of amides is 1. The second kappa shape index (κ2) is 5.03. The minimum Gasteiger partial charge on any atom is -0.477 e. The van der Waals surface area contributed by atoms with Crippen LogP contribution < -0.4 is 10.2 Å². The lowest BCUT2D eigenvalue weighted by atomic mass is 10.2. The molecule has 0 radical (unpaired) electrons. The molecule has 1 unspecified atom stereocenters. The van der Waals surface area contributed by atoms with Crippen LogP contribution >= 0.6 is 0 Å². The van der Waals surface area contributed by atoms with Crippen LogP contribution in [0.5, 0.6) is 0 Å². The van der Waals surface area contributed by atoms with Gasteiger partial charge in [0.1, 0.15) is 11.9 Å². The van der Waals surface area contributed by atoms with Crippen LogP contribution in [0.4, 0.5) is 5.82 Å². The second-order valence-electron chi connectivity index (χ2n) is 4.15. The van der Waals surface area contributed by atoms with Crippen molar-refractivity contribution in [2.75, 3.05) is 18.5 Å². The molecule has 2 N–H and O–H groups in total. The van der Waals surface area contributed by atoms with Gasteiger partial charge in [-0.15, -0.1) is 0 Å². The molecule has 96 valence electrons. The number of hydrogen-bond donors (Lipinski definition) is 2. The maximum atomic E-state index is 11.7.